The lowest BCUT2D eigenvalue weighted by atomic mass is 9.99. The minimum atomic E-state index is 0.241. The lowest BCUT2D eigenvalue weighted by Gasteiger charge is -2.17. The standard InChI is InChI=1S/C17H22ClNS/c1-4-19-17(15-9-10-16(18)20-15)14-7-5-13(6-8-14)11-12(2)3/h5-10,12,17,19H,4,11H2,1-3H3. The van der Waals surface area contributed by atoms with Crippen LogP contribution in [0.2, 0.25) is 4.34 Å². The van der Waals surface area contributed by atoms with Crippen LogP contribution in [-0.2, 0) is 6.42 Å². The summed E-state index contributed by atoms with van der Waals surface area (Å²) in [6.45, 7) is 7.58. The third-order valence-electron chi connectivity index (χ3n) is 3.24. The molecule has 2 aromatic rings. The van der Waals surface area contributed by atoms with Gasteiger partial charge in [-0.2, -0.15) is 0 Å². The van der Waals surface area contributed by atoms with Gasteiger partial charge in [-0.15, -0.1) is 11.3 Å². The number of nitrogens with one attached hydrogen (secondary N) is 1. The molecule has 1 heterocycles. The number of thiophene rings is 1. The van der Waals surface area contributed by atoms with Crippen LogP contribution < -0.4 is 5.32 Å². The molecular weight excluding hydrogens is 286 g/mol. The van der Waals surface area contributed by atoms with E-state index in [2.05, 4.69) is 56.4 Å². The van der Waals surface area contributed by atoms with E-state index in [1.165, 1.54) is 16.0 Å². The van der Waals surface area contributed by atoms with Crippen LogP contribution >= 0.6 is 22.9 Å². The summed E-state index contributed by atoms with van der Waals surface area (Å²) >= 11 is 7.71. The van der Waals surface area contributed by atoms with Crippen LogP contribution in [0.25, 0.3) is 0 Å². The van der Waals surface area contributed by atoms with E-state index in [0.717, 1.165) is 17.3 Å². The summed E-state index contributed by atoms with van der Waals surface area (Å²) in [6, 6.07) is 13.3. The Balaban J connectivity index is 2.21. The van der Waals surface area contributed by atoms with Gasteiger partial charge in [0, 0.05) is 4.88 Å². The van der Waals surface area contributed by atoms with E-state index in [4.69, 9.17) is 11.6 Å². The molecule has 0 bridgehead atoms. The molecule has 1 nitrogen and oxygen atoms in total. The summed E-state index contributed by atoms with van der Waals surface area (Å²) in [4.78, 5) is 1.27. The lowest BCUT2D eigenvalue weighted by molar-refractivity contribution is 0.635. The molecule has 1 atom stereocenters. The highest BCUT2D eigenvalue weighted by Crippen LogP contribution is 2.31. The predicted molar refractivity (Wildman–Crippen MR) is 89.8 cm³/mol. The molecule has 0 fully saturated rings. The van der Waals surface area contributed by atoms with E-state index in [1.54, 1.807) is 11.3 Å². The first-order valence-electron chi connectivity index (χ1n) is 7.17. The van der Waals surface area contributed by atoms with Gasteiger partial charge in [-0.05, 0) is 42.1 Å². The highest BCUT2D eigenvalue weighted by Gasteiger charge is 2.15. The number of halogens is 1. The molecule has 1 unspecified atom stereocenters. The van der Waals surface area contributed by atoms with Crippen molar-refractivity contribution in [2.45, 2.75) is 33.2 Å². The lowest BCUT2D eigenvalue weighted by Crippen LogP contribution is -2.21. The number of benzene rings is 1. The Labute approximate surface area is 131 Å². The van der Waals surface area contributed by atoms with Crippen molar-refractivity contribution in [1.82, 2.24) is 5.32 Å². The fourth-order valence-electron chi connectivity index (χ4n) is 2.39. The van der Waals surface area contributed by atoms with Crippen LogP contribution in [0.3, 0.4) is 0 Å². The van der Waals surface area contributed by atoms with Crippen LogP contribution in [0.5, 0.6) is 0 Å². The fourth-order valence-corrected chi connectivity index (χ4v) is 3.55. The van der Waals surface area contributed by atoms with Crippen molar-refractivity contribution >= 4 is 22.9 Å². The average Bonchev–Trinajstić information content (AvgIpc) is 2.83. The van der Waals surface area contributed by atoms with Crippen molar-refractivity contribution in [3.63, 3.8) is 0 Å². The third-order valence-corrected chi connectivity index (χ3v) is 4.54. The van der Waals surface area contributed by atoms with Crippen molar-refractivity contribution in [3.05, 3.63) is 56.7 Å². The molecule has 0 saturated carbocycles. The first-order chi connectivity index (χ1) is 9.60. The second kappa shape index (κ2) is 7.26. The van der Waals surface area contributed by atoms with Crippen LogP contribution in [0.15, 0.2) is 36.4 Å². The molecule has 0 radical (unpaired) electrons. The quantitative estimate of drug-likeness (QED) is 0.763. The number of rotatable bonds is 6. The highest BCUT2D eigenvalue weighted by molar-refractivity contribution is 7.16. The topological polar surface area (TPSA) is 12.0 Å². The van der Waals surface area contributed by atoms with Crippen molar-refractivity contribution < 1.29 is 0 Å². The zero-order valence-corrected chi connectivity index (χ0v) is 13.9. The monoisotopic (exact) mass is 307 g/mol. The van der Waals surface area contributed by atoms with Gasteiger partial charge >= 0.3 is 0 Å². The smallest absolute Gasteiger partial charge is 0.0931 e. The van der Waals surface area contributed by atoms with E-state index >= 15 is 0 Å². The fraction of sp³-hybridized carbons (Fsp3) is 0.412. The van der Waals surface area contributed by atoms with E-state index in [9.17, 15) is 0 Å². The summed E-state index contributed by atoms with van der Waals surface area (Å²) in [7, 11) is 0. The van der Waals surface area contributed by atoms with Crippen molar-refractivity contribution in [1.29, 1.82) is 0 Å². The molecule has 0 aliphatic carbocycles. The van der Waals surface area contributed by atoms with Gasteiger partial charge in [0.05, 0.1) is 10.4 Å². The number of hydrogen-bond acceptors (Lipinski definition) is 2. The van der Waals surface area contributed by atoms with E-state index in [0.29, 0.717) is 5.92 Å². The van der Waals surface area contributed by atoms with E-state index < -0.39 is 0 Å². The van der Waals surface area contributed by atoms with Gasteiger partial charge in [-0.25, -0.2) is 0 Å². The van der Waals surface area contributed by atoms with Gasteiger partial charge in [0.15, 0.2) is 0 Å². The minimum Gasteiger partial charge on any atom is -0.306 e. The molecular formula is C17H22ClNS. The third kappa shape index (κ3) is 4.08. The SMILES string of the molecule is CCNC(c1ccc(CC(C)C)cc1)c1ccc(Cl)s1. The maximum atomic E-state index is 6.07. The molecule has 0 spiro atoms. The van der Waals surface area contributed by atoms with Gasteiger partial charge in [0.1, 0.15) is 0 Å². The molecule has 108 valence electrons. The van der Waals surface area contributed by atoms with Crippen LogP contribution in [0, 0.1) is 5.92 Å². The average molecular weight is 308 g/mol. The molecule has 3 heteroatoms. The zero-order valence-electron chi connectivity index (χ0n) is 12.3. The molecule has 20 heavy (non-hydrogen) atoms. The largest absolute Gasteiger partial charge is 0.306 e. The molecule has 0 amide bonds. The second-order valence-electron chi connectivity index (χ2n) is 5.47. The second-order valence-corrected chi connectivity index (χ2v) is 7.22. The zero-order chi connectivity index (χ0) is 14.5. The van der Waals surface area contributed by atoms with Gasteiger partial charge < -0.3 is 5.32 Å². The van der Waals surface area contributed by atoms with Crippen molar-refractivity contribution in [2.24, 2.45) is 5.92 Å². The van der Waals surface area contributed by atoms with Crippen molar-refractivity contribution in [2.75, 3.05) is 6.54 Å². The first-order valence-corrected chi connectivity index (χ1v) is 8.37. The Morgan fingerprint density at radius 2 is 1.80 bits per heavy atom. The maximum absolute atomic E-state index is 6.07. The molecule has 0 aliphatic heterocycles. The first kappa shape index (κ1) is 15.6. The normalized spacial score (nSPS) is 12.8. The van der Waals surface area contributed by atoms with Gasteiger partial charge in [0.25, 0.3) is 0 Å². The molecule has 0 aliphatic rings. The summed E-state index contributed by atoms with van der Waals surface area (Å²) in [6.07, 6.45) is 1.14. The Bertz CT molecular complexity index is 530. The highest BCUT2D eigenvalue weighted by atomic mass is 35.5. The maximum Gasteiger partial charge on any atom is 0.0931 e. The summed E-state index contributed by atoms with van der Waals surface area (Å²) < 4.78 is 0.847. The van der Waals surface area contributed by atoms with E-state index in [-0.39, 0.29) is 6.04 Å². The summed E-state index contributed by atoms with van der Waals surface area (Å²) in [5, 5.41) is 3.54. The predicted octanol–water partition coefficient (Wildman–Crippen LogP) is 5.30. The van der Waals surface area contributed by atoms with Crippen molar-refractivity contribution in [3.8, 4) is 0 Å². The van der Waals surface area contributed by atoms with Crippen LogP contribution in [0.1, 0.15) is 42.8 Å². The van der Waals surface area contributed by atoms with Gasteiger partial charge in [-0.1, -0.05) is 56.6 Å². The Morgan fingerprint density at radius 1 is 1.10 bits per heavy atom. The minimum absolute atomic E-state index is 0.241. The number of hydrogen-bond donors (Lipinski definition) is 1. The summed E-state index contributed by atoms with van der Waals surface area (Å²) in [5.41, 5.74) is 2.71. The summed E-state index contributed by atoms with van der Waals surface area (Å²) in [5.74, 6) is 0.696. The molecule has 0 saturated heterocycles. The van der Waals surface area contributed by atoms with E-state index in [1.807, 2.05) is 6.07 Å². The van der Waals surface area contributed by atoms with Crippen LogP contribution in [-0.4, -0.2) is 6.54 Å². The van der Waals surface area contributed by atoms with Crippen LogP contribution in [0.4, 0.5) is 0 Å². The Hall–Kier alpha value is -0.830. The Morgan fingerprint density at radius 3 is 2.30 bits per heavy atom. The van der Waals surface area contributed by atoms with Gasteiger partial charge in [0.2, 0.25) is 0 Å². The molecule has 1 aromatic carbocycles. The molecule has 2 rings (SSSR count). The molecule has 1 N–H and O–H groups in total. The molecule has 1 aromatic heterocycles. The Kier molecular flexibility index (Phi) is 5.64. The van der Waals surface area contributed by atoms with Gasteiger partial charge in [-0.3, -0.25) is 0 Å².